The van der Waals surface area contributed by atoms with Gasteiger partial charge in [0.25, 0.3) is 20.1 Å². The van der Waals surface area contributed by atoms with Gasteiger partial charge in [-0.15, -0.1) is 0 Å². The molecule has 6 aliphatic heterocycles. The van der Waals surface area contributed by atoms with E-state index in [1.54, 1.807) is 0 Å². The number of nitrogens with zero attached hydrogens (tertiary/aromatic N) is 2. The lowest BCUT2D eigenvalue weighted by atomic mass is 9.30. The van der Waals surface area contributed by atoms with E-state index in [4.69, 9.17) is 14.2 Å². The monoisotopic (exact) mass is 1090 g/mol. The summed E-state index contributed by atoms with van der Waals surface area (Å²) in [4.78, 5) is 5.17. The van der Waals surface area contributed by atoms with Crippen LogP contribution in [0.3, 0.4) is 0 Å². The summed E-state index contributed by atoms with van der Waals surface area (Å²) in [5, 5.41) is 4.17. The van der Waals surface area contributed by atoms with Gasteiger partial charge in [0.1, 0.15) is 34.5 Å². The van der Waals surface area contributed by atoms with Crippen LogP contribution in [0.1, 0.15) is 147 Å². The molecule has 18 rings (SSSR count). The Morgan fingerprint density at radius 2 is 0.869 bits per heavy atom. The molecule has 9 aromatic rings. The first kappa shape index (κ1) is 49.4. The quantitative estimate of drug-likeness (QED) is 0.173. The maximum atomic E-state index is 7.62. The van der Waals surface area contributed by atoms with E-state index in [0.29, 0.717) is 17.8 Å². The van der Waals surface area contributed by atoms with E-state index in [0.717, 1.165) is 45.6 Å². The van der Waals surface area contributed by atoms with E-state index >= 15 is 0 Å². The molecule has 6 heterocycles. The van der Waals surface area contributed by atoms with Gasteiger partial charge in [0.15, 0.2) is 0 Å². The van der Waals surface area contributed by atoms with Crippen LogP contribution in [0.2, 0.25) is 0 Å². The lowest BCUT2D eigenvalue weighted by Gasteiger charge is -2.43. The number of rotatable bonds is 5. The zero-order valence-corrected chi connectivity index (χ0v) is 48.6. The van der Waals surface area contributed by atoms with Crippen molar-refractivity contribution in [3.8, 4) is 34.5 Å². The summed E-state index contributed by atoms with van der Waals surface area (Å²) < 4.78 is 22.3. The minimum atomic E-state index is -0.159. The Morgan fingerprint density at radius 3 is 1.54 bits per heavy atom. The van der Waals surface area contributed by atoms with Crippen LogP contribution < -0.4 is 78.5 Å². The number of hydrogen-bond donors (Lipinski definition) is 1. The smallest absolute Gasteiger partial charge is 0.260 e. The molecule has 3 aliphatic carbocycles. The highest BCUT2D eigenvalue weighted by Crippen LogP contribution is 2.50. The molecule has 0 aromatic heterocycles. The maximum Gasteiger partial charge on any atom is 0.260 e. The largest absolute Gasteiger partial charge is 0.458 e. The second kappa shape index (κ2) is 19.0. The normalized spacial score (nSPS) is 17.8. The fourth-order valence-electron chi connectivity index (χ4n) is 17.7. The van der Waals surface area contributed by atoms with Gasteiger partial charge in [-0.1, -0.05) is 142 Å². The van der Waals surface area contributed by atoms with Crippen LogP contribution in [0.4, 0.5) is 45.5 Å². The van der Waals surface area contributed by atoms with Gasteiger partial charge in [0.2, 0.25) is 0 Å². The molecule has 9 aliphatic rings. The second-order valence-corrected chi connectivity index (χ2v) is 26.4. The van der Waals surface area contributed by atoms with Crippen LogP contribution in [0, 0.1) is 20.8 Å². The molecule has 3 fully saturated rings. The Labute approximate surface area is 495 Å². The molecule has 1 N–H and O–H groups in total. The van der Waals surface area contributed by atoms with Gasteiger partial charge in [-0.25, -0.2) is 0 Å². The van der Waals surface area contributed by atoms with Crippen LogP contribution in [-0.2, 0) is 0 Å². The van der Waals surface area contributed by atoms with E-state index in [1.165, 1.54) is 213 Å². The van der Waals surface area contributed by atoms with Crippen molar-refractivity contribution in [1.82, 2.24) is 0 Å². The van der Waals surface area contributed by atoms with Gasteiger partial charge >= 0.3 is 0 Å². The molecule has 410 valence electrons. The van der Waals surface area contributed by atoms with E-state index in [-0.39, 0.29) is 20.1 Å². The number of benzene rings is 9. The summed E-state index contributed by atoms with van der Waals surface area (Å²) in [7, 11) is 0. The minimum absolute atomic E-state index is 0.00721. The zero-order valence-electron chi connectivity index (χ0n) is 48.6. The predicted octanol–water partition coefficient (Wildman–Crippen LogP) is 14.2. The number of fused-ring (bicyclic) bond motifs is 12. The Balaban J connectivity index is 0.876. The summed E-state index contributed by atoms with van der Waals surface area (Å²) in [6, 6.07) is 58.7. The Hall–Kier alpha value is -8.03. The summed E-state index contributed by atoms with van der Waals surface area (Å²) in [6.07, 6.45) is 18.8. The standard InChI is InChI=1S/C75H68B3N3O3/c1-44-32-45(2)75(46(3)33-44)81-63-43-68-59(41-57(63)77-55-29-17-19-31-66(55)82-69-37-51(36-65(81)73(69)77)48-22-10-5-11-23-48)78-58-40-56-60(42-67(58)83-70-38-52(39-71(84-68)74(70)78)49-24-12-6-13-25-49)79-61-34-50(47-20-8-4-9-21-47)35-64-72(61)76(56)54-28-16-18-30-62(54)80(64)53-26-14-7-15-27-53/h7,14-19,26-43,47-49,79H,4-6,8-13,20-25H2,1-3H3. The van der Waals surface area contributed by atoms with Crippen molar-refractivity contribution in [3.63, 3.8) is 0 Å². The first-order valence-corrected chi connectivity index (χ1v) is 32.0. The average molecular weight is 1090 g/mol. The summed E-state index contributed by atoms with van der Waals surface area (Å²) in [5.41, 5.74) is 28.9. The first-order chi connectivity index (χ1) is 41.4. The molecule has 0 unspecified atom stereocenters. The van der Waals surface area contributed by atoms with E-state index in [2.05, 4.69) is 188 Å². The lowest BCUT2D eigenvalue weighted by molar-refractivity contribution is 0.433. The third kappa shape index (κ3) is 7.45. The fourth-order valence-corrected chi connectivity index (χ4v) is 17.7. The lowest BCUT2D eigenvalue weighted by Crippen LogP contribution is -2.64. The molecule has 6 nitrogen and oxygen atoms in total. The molecule has 84 heavy (non-hydrogen) atoms. The molecule has 0 bridgehead atoms. The summed E-state index contributed by atoms with van der Waals surface area (Å²) >= 11 is 0. The molecule has 0 amide bonds. The third-order valence-corrected chi connectivity index (χ3v) is 21.4. The van der Waals surface area contributed by atoms with Crippen molar-refractivity contribution in [2.75, 3.05) is 15.1 Å². The van der Waals surface area contributed by atoms with Crippen LogP contribution >= 0.6 is 0 Å². The molecular formula is C75H68B3N3O3. The van der Waals surface area contributed by atoms with Gasteiger partial charge in [0, 0.05) is 57.4 Å². The van der Waals surface area contributed by atoms with Crippen molar-refractivity contribution in [3.05, 3.63) is 185 Å². The predicted molar refractivity (Wildman–Crippen MR) is 351 cm³/mol. The maximum absolute atomic E-state index is 7.62. The number of ether oxygens (including phenoxy) is 3. The highest BCUT2D eigenvalue weighted by molar-refractivity contribution is 7.03. The van der Waals surface area contributed by atoms with E-state index in [9.17, 15) is 0 Å². The van der Waals surface area contributed by atoms with E-state index < -0.39 is 0 Å². The number of aryl methyl sites for hydroxylation is 3. The average Bonchev–Trinajstić information content (AvgIpc) is 0.854. The van der Waals surface area contributed by atoms with Crippen LogP contribution in [0.5, 0.6) is 34.5 Å². The highest BCUT2D eigenvalue weighted by Gasteiger charge is 2.49. The van der Waals surface area contributed by atoms with Crippen LogP contribution in [-0.4, -0.2) is 20.1 Å². The zero-order chi connectivity index (χ0) is 55.5. The van der Waals surface area contributed by atoms with E-state index in [1.807, 2.05) is 0 Å². The molecule has 0 atom stereocenters. The fraction of sp³-hybridized carbons (Fsp3) is 0.280. The molecule has 0 saturated heterocycles. The van der Waals surface area contributed by atoms with Gasteiger partial charge in [-0.3, -0.25) is 0 Å². The van der Waals surface area contributed by atoms with Crippen molar-refractivity contribution >= 4 is 115 Å². The second-order valence-electron chi connectivity index (χ2n) is 26.4. The topological polar surface area (TPSA) is 46.2 Å². The van der Waals surface area contributed by atoms with Crippen LogP contribution in [0.25, 0.3) is 0 Å². The summed E-state index contributed by atoms with van der Waals surface area (Å²) in [6.45, 7) is 6.61. The van der Waals surface area contributed by atoms with Crippen LogP contribution in [0.15, 0.2) is 152 Å². The third-order valence-electron chi connectivity index (χ3n) is 21.4. The van der Waals surface area contributed by atoms with Crippen molar-refractivity contribution in [2.45, 2.75) is 135 Å². The molecule has 0 spiro atoms. The van der Waals surface area contributed by atoms with Crippen molar-refractivity contribution in [1.29, 1.82) is 0 Å². The van der Waals surface area contributed by atoms with Crippen molar-refractivity contribution in [2.24, 2.45) is 0 Å². The Morgan fingerprint density at radius 1 is 0.357 bits per heavy atom. The first-order valence-electron chi connectivity index (χ1n) is 32.0. The molecular weight excluding hydrogens is 1020 g/mol. The van der Waals surface area contributed by atoms with Gasteiger partial charge < -0.3 is 29.3 Å². The molecule has 9 heteroatoms. The van der Waals surface area contributed by atoms with Gasteiger partial charge in [0.05, 0.1) is 5.69 Å². The van der Waals surface area contributed by atoms with Gasteiger partial charge in [-0.05, 0) is 209 Å². The van der Waals surface area contributed by atoms with Crippen molar-refractivity contribution < 1.29 is 14.2 Å². The SMILES string of the molecule is Cc1cc(C)c(N2c3cc4c(cc3B3c5ccccc5Oc5cc(C6CCCCC6)cc2c53)B2c3cc5c(cc3Oc3cc(C6CCCCC6)cc(c32)O4)Nc2cc(C3CCCCC3)cc3c2B5c2ccccc2N3c2ccccc2)c(C)c1. The number of para-hydroxylation sites is 3. The number of hydrogen-bond acceptors (Lipinski definition) is 6. The summed E-state index contributed by atoms with van der Waals surface area (Å²) in [5.74, 6) is 7.15. The molecule has 3 saturated carbocycles. The molecule has 0 radical (unpaired) electrons. The van der Waals surface area contributed by atoms with Gasteiger partial charge in [-0.2, -0.15) is 0 Å². The highest BCUT2D eigenvalue weighted by atomic mass is 16.5. The minimum Gasteiger partial charge on any atom is -0.458 e. The number of nitrogens with one attached hydrogen (secondary N) is 1. The Kier molecular flexibility index (Phi) is 11.2. The Bertz CT molecular complexity index is 4230. The molecule has 9 aromatic carbocycles. The number of anilines is 8.